The van der Waals surface area contributed by atoms with Gasteiger partial charge in [0.1, 0.15) is 0 Å². The number of carbonyl (C=O) groups excluding carboxylic acids is 1. The molecule has 2 N–H and O–H groups in total. The molecule has 3 nitrogen and oxygen atoms in total. The first-order chi connectivity index (χ1) is 6.83. The van der Waals surface area contributed by atoms with Gasteiger partial charge in [-0.3, -0.25) is 10.1 Å². The van der Waals surface area contributed by atoms with Gasteiger partial charge in [-0.2, -0.15) is 11.8 Å². The third kappa shape index (κ3) is 4.54. The van der Waals surface area contributed by atoms with Gasteiger partial charge in [0.2, 0.25) is 5.91 Å². The van der Waals surface area contributed by atoms with Crippen LogP contribution in [0.1, 0.15) is 6.42 Å². The van der Waals surface area contributed by atoms with Gasteiger partial charge < -0.3 is 5.32 Å². The van der Waals surface area contributed by atoms with E-state index >= 15 is 0 Å². The molecule has 1 fully saturated rings. The highest BCUT2D eigenvalue weighted by atomic mass is 32.2. The Morgan fingerprint density at radius 2 is 2.50 bits per heavy atom. The van der Waals surface area contributed by atoms with E-state index in [1.165, 1.54) is 17.9 Å². The van der Waals surface area contributed by atoms with Gasteiger partial charge in [0.15, 0.2) is 0 Å². The molecule has 1 saturated heterocycles. The highest BCUT2D eigenvalue weighted by Crippen LogP contribution is 2.22. The van der Waals surface area contributed by atoms with Crippen molar-refractivity contribution < 1.29 is 4.79 Å². The molecule has 0 aromatic rings. The van der Waals surface area contributed by atoms with Gasteiger partial charge in [-0.05, 0) is 23.8 Å². The van der Waals surface area contributed by atoms with Crippen LogP contribution in [0.2, 0.25) is 0 Å². The minimum Gasteiger partial charge on any atom is -0.355 e. The maximum Gasteiger partial charge on any atom is 0.233 e. The lowest BCUT2D eigenvalue weighted by atomic mass is 10.1. The second-order valence-corrected chi connectivity index (χ2v) is 4.49. The van der Waals surface area contributed by atoms with Crippen molar-refractivity contribution in [1.29, 1.82) is 0 Å². The van der Waals surface area contributed by atoms with Crippen LogP contribution < -0.4 is 10.6 Å². The first-order valence-corrected chi connectivity index (χ1v) is 5.97. The van der Waals surface area contributed by atoms with Crippen LogP contribution in [0, 0.1) is 18.3 Å². The second kappa shape index (κ2) is 6.74. The molecule has 0 aromatic heterocycles. The van der Waals surface area contributed by atoms with Crippen molar-refractivity contribution in [2.45, 2.75) is 6.42 Å². The zero-order chi connectivity index (χ0) is 10.2. The van der Waals surface area contributed by atoms with Crippen molar-refractivity contribution in [3.05, 3.63) is 0 Å². The predicted octanol–water partition coefficient (Wildman–Crippen LogP) is 0.0785. The SMILES string of the molecule is C#CCNCC(=O)NCC1CCSC1. The molecular formula is C10H16N2OS. The molecule has 0 bridgehead atoms. The summed E-state index contributed by atoms with van der Waals surface area (Å²) in [6.07, 6.45) is 6.27. The van der Waals surface area contributed by atoms with Crippen molar-refractivity contribution in [3.63, 3.8) is 0 Å². The van der Waals surface area contributed by atoms with Crippen molar-refractivity contribution in [2.24, 2.45) is 5.92 Å². The fourth-order valence-corrected chi connectivity index (χ4v) is 2.60. The molecule has 4 heteroatoms. The molecular weight excluding hydrogens is 196 g/mol. The highest BCUT2D eigenvalue weighted by Gasteiger charge is 2.15. The van der Waals surface area contributed by atoms with Gasteiger partial charge in [0.05, 0.1) is 13.1 Å². The predicted molar refractivity (Wildman–Crippen MR) is 60.1 cm³/mol. The number of nitrogens with one attached hydrogen (secondary N) is 2. The van der Waals surface area contributed by atoms with Crippen molar-refractivity contribution >= 4 is 17.7 Å². The van der Waals surface area contributed by atoms with E-state index in [2.05, 4.69) is 16.6 Å². The maximum atomic E-state index is 11.2. The standard InChI is InChI=1S/C10H16N2OS/c1-2-4-11-7-10(13)12-6-9-3-5-14-8-9/h1,9,11H,3-8H2,(H,12,13). The number of hydrogen-bond acceptors (Lipinski definition) is 3. The van der Waals surface area contributed by atoms with Crippen LogP contribution in [-0.4, -0.2) is 37.0 Å². The fourth-order valence-electron chi connectivity index (χ4n) is 1.31. The van der Waals surface area contributed by atoms with E-state index < -0.39 is 0 Å². The Morgan fingerprint density at radius 3 is 3.14 bits per heavy atom. The molecule has 0 aromatic carbocycles. The number of terminal acetylenes is 1. The van der Waals surface area contributed by atoms with Crippen LogP contribution in [-0.2, 0) is 4.79 Å². The molecule has 1 rings (SSSR count). The minimum absolute atomic E-state index is 0.0390. The maximum absolute atomic E-state index is 11.2. The van der Waals surface area contributed by atoms with Gasteiger partial charge in [0, 0.05) is 6.54 Å². The monoisotopic (exact) mass is 212 g/mol. The normalized spacial score (nSPS) is 20.4. The fraction of sp³-hybridized carbons (Fsp3) is 0.700. The van der Waals surface area contributed by atoms with E-state index in [0.717, 1.165) is 6.54 Å². The van der Waals surface area contributed by atoms with Crippen LogP contribution in [0.25, 0.3) is 0 Å². The van der Waals surface area contributed by atoms with Crippen LogP contribution in [0.3, 0.4) is 0 Å². The summed E-state index contributed by atoms with van der Waals surface area (Å²) in [7, 11) is 0. The average Bonchev–Trinajstić information content (AvgIpc) is 2.68. The second-order valence-electron chi connectivity index (χ2n) is 3.34. The van der Waals surface area contributed by atoms with E-state index in [1.807, 2.05) is 11.8 Å². The first kappa shape index (κ1) is 11.4. The first-order valence-electron chi connectivity index (χ1n) is 4.81. The Morgan fingerprint density at radius 1 is 1.64 bits per heavy atom. The van der Waals surface area contributed by atoms with Gasteiger partial charge in [-0.25, -0.2) is 0 Å². The summed E-state index contributed by atoms with van der Waals surface area (Å²) < 4.78 is 0. The highest BCUT2D eigenvalue weighted by molar-refractivity contribution is 7.99. The molecule has 78 valence electrons. The van der Waals surface area contributed by atoms with Crippen molar-refractivity contribution in [2.75, 3.05) is 31.1 Å². The van der Waals surface area contributed by atoms with Gasteiger partial charge >= 0.3 is 0 Å². The van der Waals surface area contributed by atoms with Crippen molar-refractivity contribution in [1.82, 2.24) is 10.6 Å². The number of carbonyl (C=O) groups is 1. The number of hydrogen-bond donors (Lipinski definition) is 2. The summed E-state index contributed by atoms with van der Waals surface area (Å²) in [5.41, 5.74) is 0. The van der Waals surface area contributed by atoms with Crippen LogP contribution in [0.4, 0.5) is 0 Å². The van der Waals surface area contributed by atoms with E-state index in [-0.39, 0.29) is 5.91 Å². The summed E-state index contributed by atoms with van der Waals surface area (Å²) in [6, 6.07) is 0. The lowest BCUT2D eigenvalue weighted by molar-refractivity contribution is -0.120. The summed E-state index contributed by atoms with van der Waals surface area (Å²) >= 11 is 1.96. The number of amides is 1. The average molecular weight is 212 g/mol. The molecule has 14 heavy (non-hydrogen) atoms. The summed E-state index contributed by atoms with van der Waals surface area (Å²) in [5, 5.41) is 5.76. The molecule has 0 aliphatic carbocycles. The summed E-state index contributed by atoms with van der Waals surface area (Å²) in [4.78, 5) is 11.2. The van der Waals surface area contributed by atoms with E-state index in [0.29, 0.717) is 19.0 Å². The molecule has 1 aliphatic heterocycles. The zero-order valence-corrected chi connectivity index (χ0v) is 9.03. The Balaban J connectivity index is 2.00. The van der Waals surface area contributed by atoms with Crippen molar-refractivity contribution in [3.8, 4) is 12.3 Å². The molecule has 1 atom stereocenters. The van der Waals surface area contributed by atoms with Crippen LogP contribution in [0.15, 0.2) is 0 Å². The van der Waals surface area contributed by atoms with Crippen LogP contribution in [0.5, 0.6) is 0 Å². The molecule has 1 unspecified atom stereocenters. The third-order valence-electron chi connectivity index (χ3n) is 2.12. The lowest BCUT2D eigenvalue weighted by Gasteiger charge is -2.09. The molecule has 0 saturated carbocycles. The molecule has 1 aliphatic rings. The van der Waals surface area contributed by atoms with Gasteiger partial charge in [0.25, 0.3) is 0 Å². The van der Waals surface area contributed by atoms with E-state index in [4.69, 9.17) is 6.42 Å². The quantitative estimate of drug-likeness (QED) is 0.501. The topological polar surface area (TPSA) is 41.1 Å². The molecule has 1 amide bonds. The largest absolute Gasteiger partial charge is 0.355 e. The Kier molecular flexibility index (Phi) is 5.50. The molecule has 0 spiro atoms. The van der Waals surface area contributed by atoms with Gasteiger partial charge in [-0.1, -0.05) is 5.92 Å². The Hall–Kier alpha value is -0.660. The lowest BCUT2D eigenvalue weighted by Crippen LogP contribution is -2.36. The Bertz CT molecular complexity index is 219. The van der Waals surface area contributed by atoms with E-state index in [9.17, 15) is 4.79 Å². The van der Waals surface area contributed by atoms with E-state index in [1.54, 1.807) is 0 Å². The summed E-state index contributed by atoms with van der Waals surface area (Å²) in [6.45, 7) is 1.58. The minimum atomic E-state index is 0.0390. The number of thioether (sulfide) groups is 1. The van der Waals surface area contributed by atoms with Crippen LogP contribution >= 0.6 is 11.8 Å². The third-order valence-corrected chi connectivity index (χ3v) is 3.36. The zero-order valence-electron chi connectivity index (χ0n) is 8.21. The Labute approximate surface area is 89.4 Å². The number of rotatable bonds is 5. The van der Waals surface area contributed by atoms with Gasteiger partial charge in [-0.15, -0.1) is 6.42 Å². The summed E-state index contributed by atoms with van der Waals surface area (Å²) in [5.74, 6) is 5.54. The smallest absolute Gasteiger partial charge is 0.233 e. The molecule has 0 radical (unpaired) electrons. The molecule has 1 heterocycles.